The molecule has 1 N–H and O–H groups in total. The zero-order chi connectivity index (χ0) is 11.5. The molecule has 0 aromatic carbocycles. The molecule has 82 valence electrons. The fourth-order valence-electron chi connectivity index (χ4n) is 0.610. The van der Waals surface area contributed by atoms with Gasteiger partial charge in [-0.2, -0.15) is 0 Å². The Labute approximate surface area is 89.2 Å². The highest BCUT2D eigenvalue weighted by atomic mass is 16.5. The van der Waals surface area contributed by atoms with Crippen molar-refractivity contribution in [1.82, 2.24) is 4.98 Å². The highest BCUT2D eigenvalue weighted by Crippen LogP contribution is 1.90. The summed E-state index contributed by atoms with van der Waals surface area (Å²) in [7, 11) is 0. The Morgan fingerprint density at radius 3 is 2.27 bits per heavy atom. The average Bonchev–Trinajstić information content (AvgIpc) is 2.31. The number of carbonyl (C=O) groups excluding carboxylic acids is 1. The maximum Gasteiger partial charge on any atom is 0.335 e. The molecule has 4 heteroatoms. The minimum Gasteiger partial charge on any atom is -0.463 e. The largest absolute Gasteiger partial charge is 0.463 e. The number of nitrogens with zero attached hydrogens (tertiary/aromatic N) is 1. The Balaban J connectivity index is 0.000000280. The summed E-state index contributed by atoms with van der Waals surface area (Å²) in [6, 6.07) is 5.72. The topological polar surface area (TPSA) is 59.4 Å². The van der Waals surface area contributed by atoms with Crippen LogP contribution in [0.4, 0.5) is 0 Å². The van der Waals surface area contributed by atoms with Gasteiger partial charge in [-0.25, -0.2) is 4.79 Å². The Bertz CT molecular complexity index is 258. The van der Waals surface area contributed by atoms with Crippen molar-refractivity contribution in [3.63, 3.8) is 0 Å². The summed E-state index contributed by atoms with van der Waals surface area (Å²) in [6.45, 7) is 4.95. The van der Waals surface area contributed by atoms with Crippen molar-refractivity contribution >= 4 is 5.97 Å². The normalized spacial score (nSPS) is 8.40. The highest BCUT2D eigenvalue weighted by molar-refractivity contribution is 5.87. The third-order valence-electron chi connectivity index (χ3n) is 1.32. The lowest BCUT2D eigenvalue weighted by atomic mass is 10.3. The van der Waals surface area contributed by atoms with Gasteiger partial charge in [-0.3, -0.25) is 4.98 Å². The number of ether oxygens (including phenoxy) is 1. The lowest BCUT2D eigenvalue weighted by Crippen LogP contribution is -2.08. The van der Waals surface area contributed by atoms with Crippen LogP contribution in [0.3, 0.4) is 0 Å². The van der Waals surface area contributed by atoms with Crippen LogP contribution in [0.15, 0.2) is 42.7 Å². The summed E-state index contributed by atoms with van der Waals surface area (Å²) in [4.78, 5) is 14.3. The van der Waals surface area contributed by atoms with Crippen molar-refractivity contribution in [2.24, 2.45) is 0 Å². The number of esters is 1. The molecule has 0 radical (unpaired) electrons. The van der Waals surface area contributed by atoms with Crippen LogP contribution in [0.5, 0.6) is 0 Å². The lowest BCUT2D eigenvalue weighted by Gasteiger charge is -1.99. The van der Waals surface area contributed by atoms with Crippen LogP contribution >= 0.6 is 0 Å². The van der Waals surface area contributed by atoms with Crippen molar-refractivity contribution in [2.75, 3.05) is 13.2 Å². The van der Waals surface area contributed by atoms with Gasteiger partial charge in [0, 0.05) is 12.4 Å². The molecule has 1 rings (SSSR count). The van der Waals surface area contributed by atoms with E-state index in [1.807, 2.05) is 18.2 Å². The van der Waals surface area contributed by atoms with Gasteiger partial charge in [0.05, 0.1) is 18.8 Å². The number of hydrogen-bond donors (Lipinski definition) is 1. The van der Waals surface area contributed by atoms with Crippen molar-refractivity contribution < 1.29 is 14.6 Å². The smallest absolute Gasteiger partial charge is 0.335 e. The summed E-state index contributed by atoms with van der Waals surface area (Å²) >= 11 is 0. The van der Waals surface area contributed by atoms with E-state index in [-0.39, 0.29) is 12.2 Å². The van der Waals surface area contributed by atoms with Crippen molar-refractivity contribution in [1.29, 1.82) is 0 Å². The molecule has 0 unspecified atom stereocenters. The van der Waals surface area contributed by atoms with Gasteiger partial charge in [0.1, 0.15) is 0 Å². The van der Waals surface area contributed by atoms with Gasteiger partial charge in [0.25, 0.3) is 0 Å². The number of aliphatic hydroxyl groups is 1. The highest BCUT2D eigenvalue weighted by Gasteiger charge is 2.03. The molecule has 4 nitrogen and oxygen atoms in total. The molecule has 1 heterocycles. The Hall–Kier alpha value is -1.68. The van der Waals surface area contributed by atoms with E-state index in [0.29, 0.717) is 6.61 Å². The molecule has 0 aliphatic rings. The predicted molar refractivity (Wildman–Crippen MR) is 57.1 cm³/mol. The fraction of sp³-hybridized carbons (Fsp3) is 0.273. The predicted octanol–water partition coefficient (Wildman–Crippen LogP) is 1.18. The third kappa shape index (κ3) is 7.40. The van der Waals surface area contributed by atoms with Crippen LogP contribution in [-0.2, 0) is 9.53 Å². The van der Waals surface area contributed by atoms with E-state index < -0.39 is 5.97 Å². The molecular formula is C11H15NO3. The molecule has 1 aromatic heterocycles. The van der Waals surface area contributed by atoms with E-state index in [4.69, 9.17) is 5.11 Å². The van der Waals surface area contributed by atoms with E-state index in [0.717, 1.165) is 0 Å². The van der Waals surface area contributed by atoms with Crippen LogP contribution in [-0.4, -0.2) is 29.3 Å². The quantitative estimate of drug-likeness (QED) is 0.600. The second-order valence-electron chi connectivity index (χ2n) is 2.51. The van der Waals surface area contributed by atoms with Gasteiger partial charge in [0.2, 0.25) is 0 Å². The lowest BCUT2D eigenvalue weighted by molar-refractivity contribution is -0.138. The fourth-order valence-corrected chi connectivity index (χ4v) is 0.610. The van der Waals surface area contributed by atoms with Crippen LogP contribution in [0.1, 0.15) is 6.92 Å². The number of aliphatic hydroxyl groups excluding tert-OH is 1. The molecule has 0 spiro atoms. The second kappa shape index (κ2) is 8.90. The third-order valence-corrected chi connectivity index (χ3v) is 1.32. The minimum absolute atomic E-state index is 0.0943. The zero-order valence-corrected chi connectivity index (χ0v) is 8.72. The molecule has 0 bridgehead atoms. The van der Waals surface area contributed by atoms with E-state index in [1.165, 1.54) is 0 Å². The Kier molecular flexibility index (Phi) is 7.90. The van der Waals surface area contributed by atoms with Crippen molar-refractivity contribution in [3.8, 4) is 0 Å². The minimum atomic E-state index is -0.528. The number of pyridine rings is 1. The maximum absolute atomic E-state index is 10.5. The molecule has 1 aromatic rings. The first-order chi connectivity index (χ1) is 7.22. The summed E-state index contributed by atoms with van der Waals surface area (Å²) in [6.07, 6.45) is 3.50. The molecule has 0 saturated heterocycles. The Morgan fingerprint density at radius 1 is 1.40 bits per heavy atom. The van der Waals surface area contributed by atoms with E-state index in [2.05, 4.69) is 16.3 Å². The summed E-state index contributed by atoms with van der Waals surface area (Å²) in [5.41, 5.74) is 0.0943. The number of carbonyl (C=O) groups is 1. The van der Waals surface area contributed by atoms with Crippen molar-refractivity contribution in [2.45, 2.75) is 6.92 Å². The molecular weight excluding hydrogens is 194 g/mol. The number of hydrogen-bond acceptors (Lipinski definition) is 4. The van der Waals surface area contributed by atoms with Gasteiger partial charge in [-0.1, -0.05) is 12.6 Å². The van der Waals surface area contributed by atoms with Crippen molar-refractivity contribution in [3.05, 3.63) is 42.7 Å². The van der Waals surface area contributed by atoms with E-state index >= 15 is 0 Å². The average molecular weight is 209 g/mol. The van der Waals surface area contributed by atoms with Crippen LogP contribution in [0.2, 0.25) is 0 Å². The first kappa shape index (κ1) is 13.3. The summed E-state index contributed by atoms with van der Waals surface area (Å²) in [5.74, 6) is -0.528. The van der Waals surface area contributed by atoms with Crippen LogP contribution in [0.25, 0.3) is 0 Å². The SMILES string of the molecule is C=C(CO)C(=O)OCC.c1ccncc1. The van der Waals surface area contributed by atoms with E-state index in [1.54, 1.807) is 19.3 Å². The number of aromatic nitrogens is 1. The molecule has 15 heavy (non-hydrogen) atoms. The van der Waals surface area contributed by atoms with E-state index in [9.17, 15) is 4.79 Å². The molecule has 0 aliphatic carbocycles. The van der Waals surface area contributed by atoms with Crippen LogP contribution < -0.4 is 0 Å². The van der Waals surface area contributed by atoms with Gasteiger partial charge >= 0.3 is 5.97 Å². The molecule has 0 amide bonds. The first-order valence-electron chi connectivity index (χ1n) is 4.53. The molecule has 0 aliphatic heterocycles. The summed E-state index contributed by atoms with van der Waals surface area (Å²) < 4.78 is 4.50. The Morgan fingerprint density at radius 2 is 2.00 bits per heavy atom. The van der Waals surface area contributed by atoms with Crippen LogP contribution in [0, 0.1) is 0 Å². The zero-order valence-electron chi connectivity index (χ0n) is 8.72. The number of rotatable bonds is 3. The van der Waals surface area contributed by atoms with Gasteiger partial charge in [-0.15, -0.1) is 0 Å². The standard InChI is InChI=1S/C6H10O3.C5H5N/c1-3-9-6(8)5(2)4-7;1-2-4-6-5-3-1/h7H,2-4H2,1H3;1-5H. The van der Waals surface area contributed by atoms with Gasteiger partial charge < -0.3 is 9.84 Å². The second-order valence-corrected chi connectivity index (χ2v) is 2.51. The molecule has 0 fully saturated rings. The maximum atomic E-state index is 10.5. The summed E-state index contributed by atoms with van der Waals surface area (Å²) in [5, 5.41) is 8.33. The monoisotopic (exact) mass is 209 g/mol. The molecule has 0 saturated carbocycles. The molecule has 0 atom stereocenters. The van der Waals surface area contributed by atoms with Gasteiger partial charge in [-0.05, 0) is 19.1 Å². The van der Waals surface area contributed by atoms with Gasteiger partial charge in [0.15, 0.2) is 0 Å². The first-order valence-corrected chi connectivity index (χ1v) is 4.53.